The van der Waals surface area contributed by atoms with Gasteiger partial charge in [-0.2, -0.15) is 0 Å². The third-order valence-electron chi connectivity index (χ3n) is 4.38. The Morgan fingerprint density at radius 1 is 1.04 bits per heavy atom. The van der Waals surface area contributed by atoms with Gasteiger partial charge in [0.15, 0.2) is 5.13 Å². The van der Waals surface area contributed by atoms with Crippen LogP contribution < -0.4 is 4.90 Å². The first-order valence-electron chi connectivity index (χ1n) is 8.06. The lowest BCUT2D eigenvalue weighted by atomic mass is 10.1. The summed E-state index contributed by atoms with van der Waals surface area (Å²) in [5.41, 5.74) is 1.93. The van der Waals surface area contributed by atoms with E-state index in [0.29, 0.717) is 6.42 Å². The van der Waals surface area contributed by atoms with Gasteiger partial charge in [0, 0.05) is 49.3 Å². The molecule has 0 aliphatic carbocycles. The van der Waals surface area contributed by atoms with Crippen molar-refractivity contribution in [2.45, 2.75) is 6.42 Å². The van der Waals surface area contributed by atoms with E-state index in [1.54, 1.807) is 17.5 Å². The van der Waals surface area contributed by atoms with Crippen LogP contribution in [0.2, 0.25) is 0 Å². The first kappa shape index (κ1) is 15.1. The lowest BCUT2D eigenvalue weighted by molar-refractivity contribution is -0.130. The second-order valence-electron chi connectivity index (χ2n) is 5.85. The van der Waals surface area contributed by atoms with Crippen molar-refractivity contribution in [1.82, 2.24) is 14.9 Å². The number of anilines is 1. The van der Waals surface area contributed by atoms with Gasteiger partial charge in [-0.05, 0) is 11.6 Å². The number of aromatic nitrogens is 2. The zero-order valence-corrected chi connectivity index (χ0v) is 14.1. The average molecular weight is 338 g/mol. The molecule has 2 aromatic heterocycles. The Bertz CT molecular complexity index is 836. The molecular weight excluding hydrogens is 320 g/mol. The van der Waals surface area contributed by atoms with Gasteiger partial charge in [0.1, 0.15) is 0 Å². The molecule has 5 nitrogen and oxygen atoms in total. The number of carbonyl (C=O) groups is 1. The number of carbonyl (C=O) groups excluding carboxylic acids is 1. The highest BCUT2D eigenvalue weighted by Crippen LogP contribution is 2.20. The maximum absolute atomic E-state index is 12.7. The number of piperazine rings is 1. The quantitative estimate of drug-likeness (QED) is 0.736. The Balaban J connectivity index is 1.43. The minimum absolute atomic E-state index is 0.173. The molecule has 122 valence electrons. The number of fused-ring (bicyclic) bond motifs is 1. The summed E-state index contributed by atoms with van der Waals surface area (Å²) in [6.45, 7) is 3.17. The summed E-state index contributed by atoms with van der Waals surface area (Å²) in [4.78, 5) is 25.6. The summed E-state index contributed by atoms with van der Waals surface area (Å²) in [6, 6.07) is 9.98. The Morgan fingerprint density at radius 2 is 1.88 bits per heavy atom. The van der Waals surface area contributed by atoms with Crippen LogP contribution >= 0.6 is 11.3 Å². The van der Waals surface area contributed by atoms with Crippen LogP contribution in [0.15, 0.2) is 48.1 Å². The minimum Gasteiger partial charge on any atom is -0.345 e. The molecule has 1 aromatic carbocycles. The number of hydrogen-bond donors (Lipinski definition) is 0. The van der Waals surface area contributed by atoms with Gasteiger partial charge < -0.3 is 9.80 Å². The van der Waals surface area contributed by atoms with E-state index >= 15 is 0 Å². The van der Waals surface area contributed by atoms with Crippen molar-refractivity contribution in [3.63, 3.8) is 0 Å². The third kappa shape index (κ3) is 2.97. The second-order valence-corrected chi connectivity index (χ2v) is 6.72. The minimum atomic E-state index is 0.173. The molecule has 1 saturated heterocycles. The highest BCUT2D eigenvalue weighted by molar-refractivity contribution is 7.13. The van der Waals surface area contributed by atoms with E-state index in [9.17, 15) is 4.79 Å². The fraction of sp³-hybridized carbons (Fsp3) is 0.278. The molecule has 24 heavy (non-hydrogen) atoms. The molecule has 3 heterocycles. The van der Waals surface area contributed by atoms with E-state index in [0.717, 1.165) is 47.8 Å². The van der Waals surface area contributed by atoms with E-state index < -0.39 is 0 Å². The Hall–Kier alpha value is -2.47. The van der Waals surface area contributed by atoms with Crippen LogP contribution in [0.5, 0.6) is 0 Å². The number of rotatable bonds is 3. The topological polar surface area (TPSA) is 49.3 Å². The van der Waals surface area contributed by atoms with Crippen molar-refractivity contribution >= 4 is 33.3 Å². The summed E-state index contributed by atoms with van der Waals surface area (Å²) in [5, 5.41) is 4.11. The molecule has 0 N–H and O–H groups in total. The molecule has 0 bridgehead atoms. The number of nitrogens with zero attached hydrogens (tertiary/aromatic N) is 4. The van der Waals surface area contributed by atoms with E-state index in [1.807, 2.05) is 46.8 Å². The zero-order chi connectivity index (χ0) is 16.4. The van der Waals surface area contributed by atoms with Crippen molar-refractivity contribution in [2.24, 2.45) is 0 Å². The molecule has 0 spiro atoms. The monoisotopic (exact) mass is 338 g/mol. The lowest BCUT2D eigenvalue weighted by Gasteiger charge is -2.34. The molecule has 1 fully saturated rings. The summed E-state index contributed by atoms with van der Waals surface area (Å²) < 4.78 is 0. The zero-order valence-electron chi connectivity index (χ0n) is 13.3. The van der Waals surface area contributed by atoms with E-state index in [2.05, 4.69) is 14.9 Å². The maximum atomic E-state index is 12.7. The molecule has 0 unspecified atom stereocenters. The van der Waals surface area contributed by atoms with Gasteiger partial charge in [0.05, 0.1) is 11.9 Å². The molecule has 3 aromatic rings. The van der Waals surface area contributed by atoms with Gasteiger partial charge in [-0.3, -0.25) is 9.78 Å². The molecule has 0 saturated carbocycles. The SMILES string of the molecule is O=C(Cc1cccc2cccnc12)N1CCN(c2nccs2)CC1. The number of hydrogen-bond acceptors (Lipinski definition) is 5. The number of benzene rings is 1. The van der Waals surface area contributed by atoms with E-state index in [1.165, 1.54) is 0 Å². The highest BCUT2D eigenvalue weighted by Gasteiger charge is 2.22. The van der Waals surface area contributed by atoms with Gasteiger partial charge in [-0.25, -0.2) is 4.98 Å². The van der Waals surface area contributed by atoms with Crippen LogP contribution in [-0.4, -0.2) is 47.0 Å². The molecule has 1 amide bonds. The first-order chi connectivity index (χ1) is 11.8. The summed E-state index contributed by atoms with van der Waals surface area (Å²) in [7, 11) is 0. The number of amides is 1. The molecule has 0 atom stereocenters. The summed E-state index contributed by atoms with van der Waals surface area (Å²) >= 11 is 1.65. The fourth-order valence-electron chi connectivity index (χ4n) is 3.10. The van der Waals surface area contributed by atoms with Crippen LogP contribution in [-0.2, 0) is 11.2 Å². The average Bonchev–Trinajstić information content (AvgIpc) is 3.17. The first-order valence-corrected chi connectivity index (χ1v) is 8.94. The van der Waals surface area contributed by atoms with Crippen LogP contribution in [0.1, 0.15) is 5.56 Å². The van der Waals surface area contributed by atoms with Crippen LogP contribution in [0, 0.1) is 0 Å². The van der Waals surface area contributed by atoms with Crippen molar-refractivity contribution < 1.29 is 4.79 Å². The Labute approximate surface area is 144 Å². The molecule has 6 heteroatoms. The molecule has 4 rings (SSSR count). The Kier molecular flexibility index (Phi) is 4.13. The molecule has 0 radical (unpaired) electrons. The normalized spacial score (nSPS) is 15.0. The molecular formula is C18H18N4OS. The van der Waals surface area contributed by atoms with Gasteiger partial charge in [-0.1, -0.05) is 24.3 Å². The molecule has 1 aliphatic rings. The predicted molar refractivity (Wildman–Crippen MR) is 96.4 cm³/mol. The van der Waals surface area contributed by atoms with Crippen LogP contribution in [0.25, 0.3) is 10.9 Å². The summed E-state index contributed by atoms with van der Waals surface area (Å²) in [6.07, 6.45) is 4.01. The van der Waals surface area contributed by atoms with Gasteiger partial charge >= 0.3 is 0 Å². The summed E-state index contributed by atoms with van der Waals surface area (Å²) in [5.74, 6) is 0.173. The second kappa shape index (κ2) is 6.57. The predicted octanol–water partition coefficient (Wildman–Crippen LogP) is 2.58. The standard InChI is InChI=1S/C18H18N4OS/c23-16(13-15-4-1-3-14-5-2-6-19-17(14)15)21-8-10-22(11-9-21)18-20-7-12-24-18/h1-7,12H,8-11,13H2. The van der Waals surface area contributed by atoms with E-state index in [4.69, 9.17) is 0 Å². The van der Waals surface area contributed by atoms with Crippen LogP contribution in [0.3, 0.4) is 0 Å². The fourth-order valence-corrected chi connectivity index (χ4v) is 3.80. The van der Waals surface area contributed by atoms with Gasteiger partial charge in [0.25, 0.3) is 0 Å². The van der Waals surface area contributed by atoms with Gasteiger partial charge in [0.2, 0.25) is 5.91 Å². The van der Waals surface area contributed by atoms with Crippen molar-refractivity contribution in [3.05, 3.63) is 53.7 Å². The number of pyridine rings is 1. The lowest BCUT2D eigenvalue weighted by Crippen LogP contribution is -2.49. The van der Waals surface area contributed by atoms with Crippen molar-refractivity contribution in [3.8, 4) is 0 Å². The van der Waals surface area contributed by atoms with Gasteiger partial charge in [-0.15, -0.1) is 11.3 Å². The Morgan fingerprint density at radius 3 is 2.67 bits per heavy atom. The third-order valence-corrected chi connectivity index (χ3v) is 5.21. The number of thiazole rings is 1. The largest absolute Gasteiger partial charge is 0.345 e. The maximum Gasteiger partial charge on any atom is 0.227 e. The number of para-hydroxylation sites is 1. The van der Waals surface area contributed by atoms with Crippen molar-refractivity contribution in [1.29, 1.82) is 0 Å². The van der Waals surface area contributed by atoms with Crippen LogP contribution in [0.4, 0.5) is 5.13 Å². The smallest absolute Gasteiger partial charge is 0.227 e. The highest BCUT2D eigenvalue weighted by atomic mass is 32.1. The molecule has 1 aliphatic heterocycles. The van der Waals surface area contributed by atoms with E-state index in [-0.39, 0.29) is 5.91 Å². The van der Waals surface area contributed by atoms with Crippen molar-refractivity contribution in [2.75, 3.05) is 31.1 Å².